The number of rotatable bonds is 1. The molecule has 2 fully saturated rings. The normalized spacial score (nSPS) is 18.9. The Kier molecular flexibility index (Phi) is 4.95. The Morgan fingerprint density at radius 1 is 0.913 bits per heavy atom. The van der Waals surface area contributed by atoms with Crippen LogP contribution in [0.5, 0.6) is 0 Å². The van der Waals surface area contributed by atoms with E-state index in [2.05, 4.69) is 4.98 Å². The largest absolute Gasteiger partial charge is 0.352 e. The highest BCUT2D eigenvalue weighted by molar-refractivity contribution is 7.71. The molecule has 7 heteroatoms. The molecule has 0 unspecified atom stereocenters. The lowest BCUT2D eigenvalue weighted by molar-refractivity contribution is 0.0632. The zero-order valence-corrected chi connectivity index (χ0v) is 14.0. The van der Waals surface area contributed by atoms with E-state index in [1.165, 1.54) is 6.42 Å². The van der Waals surface area contributed by atoms with Gasteiger partial charge < -0.3 is 19.7 Å². The van der Waals surface area contributed by atoms with E-state index in [-0.39, 0.29) is 11.9 Å². The molecule has 1 N–H and O–H groups in total. The first-order valence-corrected chi connectivity index (χ1v) is 8.58. The summed E-state index contributed by atoms with van der Waals surface area (Å²) in [6, 6.07) is 3.64. The molecule has 0 aliphatic carbocycles. The number of hydrogen-bond donors (Lipinski definition) is 1. The maximum atomic E-state index is 12.5. The minimum atomic E-state index is -0.0584. The lowest BCUT2D eigenvalue weighted by Gasteiger charge is -2.38. The SMILES string of the molecule is O=C(c1ccc[nH]c1=S)N1CCN(C(=O)N2CCCCC2)CC1. The molecule has 124 valence electrons. The molecule has 1 aromatic heterocycles. The second-order valence-corrected chi connectivity index (χ2v) is 6.43. The molecule has 2 aliphatic heterocycles. The molecule has 0 aromatic carbocycles. The highest BCUT2D eigenvalue weighted by Gasteiger charge is 2.28. The summed E-state index contributed by atoms with van der Waals surface area (Å²) in [5.41, 5.74) is 0.526. The summed E-state index contributed by atoms with van der Waals surface area (Å²) >= 11 is 5.17. The van der Waals surface area contributed by atoms with Crippen LogP contribution in [0.1, 0.15) is 29.6 Å². The van der Waals surface area contributed by atoms with Crippen LogP contribution in [-0.2, 0) is 0 Å². The van der Waals surface area contributed by atoms with Crippen molar-refractivity contribution in [1.82, 2.24) is 19.7 Å². The number of H-pyrrole nitrogens is 1. The molecule has 6 nitrogen and oxygen atoms in total. The number of urea groups is 1. The van der Waals surface area contributed by atoms with Gasteiger partial charge in [0.1, 0.15) is 4.64 Å². The van der Waals surface area contributed by atoms with Crippen molar-refractivity contribution >= 4 is 24.2 Å². The molecular weight excluding hydrogens is 312 g/mol. The topological polar surface area (TPSA) is 59.7 Å². The summed E-state index contributed by atoms with van der Waals surface area (Å²) in [6.07, 6.45) is 5.12. The Bertz CT molecular complexity index is 631. The number of nitrogens with one attached hydrogen (secondary N) is 1. The van der Waals surface area contributed by atoms with Crippen molar-refractivity contribution < 1.29 is 9.59 Å². The van der Waals surface area contributed by atoms with Gasteiger partial charge in [0.05, 0.1) is 5.56 Å². The fourth-order valence-corrected chi connectivity index (χ4v) is 3.37. The second kappa shape index (κ2) is 7.12. The van der Waals surface area contributed by atoms with Gasteiger partial charge in [-0.25, -0.2) is 4.79 Å². The van der Waals surface area contributed by atoms with E-state index < -0.39 is 0 Å². The van der Waals surface area contributed by atoms with E-state index >= 15 is 0 Å². The molecule has 0 atom stereocenters. The predicted octanol–water partition coefficient (Wildman–Crippen LogP) is 2.11. The Morgan fingerprint density at radius 2 is 1.52 bits per heavy atom. The molecule has 1 aromatic rings. The average Bonchev–Trinajstić information content (AvgIpc) is 2.62. The third-order valence-corrected chi connectivity index (χ3v) is 4.85. The Morgan fingerprint density at radius 3 is 2.17 bits per heavy atom. The van der Waals surface area contributed by atoms with Crippen molar-refractivity contribution in [2.75, 3.05) is 39.3 Å². The first kappa shape index (κ1) is 16.0. The third-order valence-electron chi connectivity index (χ3n) is 4.51. The van der Waals surface area contributed by atoms with Crippen LogP contribution >= 0.6 is 12.2 Å². The summed E-state index contributed by atoms with van der Waals surface area (Å²) in [5.74, 6) is -0.0584. The first-order chi connectivity index (χ1) is 11.2. The van der Waals surface area contributed by atoms with Gasteiger partial charge in [0.2, 0.25) is 0 Å². The lowest BCUT2D eigenvalue weighted by atomic mass is 10.1. The van der Waals surface area contributed by atoms with Crippen LogP contribution in [0.2, 0.25) is 0 Å². The standard InChI is InChI=1S/C16H22N4O2S/c21-15(13-5-4-6-17-14(13)23)18-9-11-20(12-10-18)16(22)19-7-2-1-3-8-19/h4-6H,1-3,7-12H2,(H,17,23). The zero-order chi connectivity index (χ0) is 16.2. The molecule has 0 bridgehead atoms. The molecule has 0 spiro atoms. The molecular formula is C16H22N4O2S. The maximum absolute atomic E-state index is 12.5. The summed E-state index contributed by atoms with van der Waals surface area (Å²) < 4.78 is 0.462. The Balaban J connectivity index is 1.58. The molecule has 3 rings (SSSR count). The zero-order valence-electron chi connectivity index (χ0n) is 13.2. The monoisotopic (exact) mass is 334 g/mol. The van der Waals surface area contributed by atoms with Crippen molar-refractivity contribution in [3.8, 4) is 0 Å². The van der Waals surface area contributed by atoms with E-state index in [1.54, 1.807) is 23.2 Å². The van der Waals surface area contributed by atoms with Crippen molar-refractivity contribution in [3.05, 3.63) is 28.5 Å². The van der Waals surface area contributed by atoms with Crippen molar-refractivity contribution in [2.24, 2.45) is 0 Å². The number of amides is 3. The number of carbonyl (C=O) groups excluding carboxylic acids is 2. The van der Waals surface area contributed by atoms with Crippen LogP contribution in [0.4, 0.5) is 4.79 Å². The summed E-state index contributed by atoms with van der Waals surface area (Å²) in [4.78, 5) is 33.5. The van der Waals surface area contributed by atoms with E-state index in [4.69, 9.17) is 12.2 Å². The van der Waals surface area contributed by atoms with Crippen molar-refractivity contribution in [3.63, 3.8) is 0 Å². The molecule has 0 radical (unpaired) electrons. The number of likely N-dealkylation sites (tertiary alicyclic amines) is 1. The van der Waals surface area contributed by atoms with Gasteiger partial charge in [0.25, 0.3) is 5.91 Å². The van der Waals surface area contributed by atoms with Gasteiger partial charge in [-0.2, -0.15) is 0 Å². The van der Waals surface area contributed by atoms with Gasteiger partial charge in [0.15, 0.2) is 0 Å². The predicted molar refractivity (Wildman–Crippen MR) is 89.9 cm³/mol. The van der Waals surface area contributed by atoms with Gasteiger partial charge in [-0.15, -0.1) is 0 Å². The second-order valence-electron chi connectivity index (χ2n) is 6.02. The van der Waals surface area contributed by atoms with Gasteiger partial charge in [-0.3, -0.25) is 4.79 Å². The van der Waals surface area contributed by atoms with Crippen LogP contribution in [-0.4, -0.2) is 70.9 Å². The highest BCUT2D eigenvalue weighted by Crippen LogP contribution is 2.14. The number of aromatic amines is 1. The smallest absolute Gasteiger partial charge is 0.320 e. The van der Waals surface area contributed by atoms with Crippen LogP contribution in [0, 0.1) is 4.64 Å². The number of pyridine rings is 1. The highest BCUT2D eigenvalue weighted by atomic mass is 32.1. The summed E-state index contributed by atoms with van der Waals surface area (Å²) in [7, 11) is 0. The van der Waals surface area contributed by atoms with Gasteiger partial charge in [-0.05, 0) is 31.4 Å². The quantitative estimate of drug-likeness (QED) is 0.800. The molecule has 3 amide bonds. The van der Waals surface area contributed by atoms with Gasteiger partial charge >= 0.3 is 6.03 Å². The van der Waals surface area contributed by atoms with Crippen LogP contribution in [0.25, 0.3) is 0 Å². The van der Waals surface area contributed by atoms with Gasteiger partial charge in [-0.1, -0.05) is 12.2 Å². The number of piperidine rings is 1. The van der Waals surface area contributed by atoms with E-state index in [0.717, 1.165) is 25.9 Å². The van der Waals surface area contributed by atoms with Crippen LogP contribution in [0.3, 0.4) is 0 Å². The first-order valence-electron chi connectivity index (χ1n) is 8.17. The summed E-state index contributed by atoms with van der Waals surface area (Å²) in [6.45, 7) is 4.01. The molecule has 3 heterocycles. The Hall–Kier alpha value is -1.89. The van der Waals surface area contributed by atoms with E-state index in [9.17, 15) is 9.59 Å². The van der Waals surface area contributed by atoms with Crippen LogP contribution < -0.4 is 0 Å². The summed E-state index contributed by atoms with van der Waals surface area (Å²) in [5, 5.41) is 0. The average molecular weight is 334 g/mol. The molecule has 23 heavy (non-hydrogen) atoms. The Labute approximate surface area is 141 Å². The molecule has 2 aliphatic rings. The third kappa shape index (κ3) is 3.55. The maximum Gasteiger partial charge on any atom is 0.320 e. The van der Waals surface area contributed by atoms with Crippen LogP contribution in [0.15, 0.2) is 18.3 Å². The van der Waals surface area contributed by atoms with Crippen molar-refractivity contribution in [2.45, 2.75) is 19.3 Å². The number of carbonyl (C=O) groups is 2. The molecule has 2 saturated heterocycles. The number of hydrogen-bond acceptors (Lipinski definition) is 3. The van der Waals surface area contributed by atoms with E-state index in [1.807, 2.05) is 9.80 Å². The minimum Gasteiger partial charge on any atom is -0.352 e. The number of piperazine rings is 1. The number of nitrogens with zero attached hydrogens (tertiary/aromatic N) is 3. The fraction of sp³-hybridized carbons (Fsp3) is 0.562. The minimum absolute atomic E-state index is 0.0584. The molecule has 0 saturated carbocycles. The lowest BCUT2D eigenvalue weighted by Crippen LogP contribution is -2.54. The number of aromatic nitrogens is 1. The van der Waals surface area contributed by atoms with Crippen molar-refractivity contribution in [1.29, 1.82) is 0 Å². The van der Waals surface area contributed by atoms with E-state index in [0.29, 0.717) is 36.4 Å². The fourth-order valence-electron chi connectivity index (χ4n) is 3.15. The van der Waals surface area contributed by atoms with Gasteiger partial charge in [0, 0.05) is 45.5 Å².